The second-order valence-corrected chi connectivity index (χ2v) is 5.55. The lowest BCUT2D eigenvalue weighted by atomic mass is 10.4. The first kappa shape index (κ1) is 12.0. The van der Waals surface area contributed by atoms with Crippen molar-refractivity contribution in [2.45, 2.75) is 5.88 Å². The van der Waals surface area contributed by atoms with Gasteiger partial charge in [0.2, 0.25) is 5.88 Å². The monoisotopic (exact) mass is 343 g/mol. The van der Waals surface area contributed by atoms with E-state index in [0.29, 0.717) is 17.5 Å². The summed E-state index contributed by atoms with van der Waals surface area (Å²) >= 11 is 10.8. The van der Waals surface area contributed by atoms with Gasteiger partial charge >= 0.3 is 0 Å². The Kier molecular flexibility index (Phi) is 3.23. The normalized spacial score (nSPS) is 11.0. The van der Waals surface area contributed by atoms with Crippen molar-refractivity contribution in [2.75, 3.05) is 0 Å². The van der Waals surface area contributed by atoms with Gasteiger partial charge in [-0.15, -0.1) is 22.9 Å². The summed E-state index contributed by atoms with van der Waals surface area (Å²) in [5.41, 5.74) is 0.841. The van der Waals surface area contributed by atoms with Crippen molar-refractivity contribution in [2.24, 2.45) is 0 Å². The van der Waals surface area contributed by atoms with Crippen LogP contribution in [0.3, 0.4) is 0 Å². The number of fused-ring (bicyclic) bond motifs is 1. The molecule has 3 aromatic rings. The van der Waals surface area contributed by atoms with Crippen molar-refractivity contribution in [3.63, 3.8) is 0 Å². The molecule has 0 aromatic carbocycles. The summed E-state index contributed by atoms with van der Waals surface area (Å²) in [6.45, 7) is 0. The van der Waals surface area contributed by atoms with E-state index in [1.165, 1.54) is 11.3 Å². The molecule has 92 valence electrons. The Morgan fingerprint density at radius 1 is 1.44 bits per heavy atom. The summed E-state index contributed by atoms with van der Waals surface area (Å²) in [7, 11) is 0. The van der Waals surface area contributed by atoms with Gasteiger partial charge in [-0.2, -0.15) is 4.98 Å². The molecule has 0 spiro atoms. The summed E-state index contributed by atoms with van der Waals surface area (Å²) in [5, 5.41) is 1.96. The molecule has 0 fully saturated rings. The first-order chi connectivity index (χ1) is 8.78. The maximum atomic E-state index is 5.95. The highest BCUT2D eigenvalue weighted by Gasteiger charge is 2.14. The number of ether oxygens (including phenoxy) is 1. The molecule has 3 aromatic heterocycles. The summed E-state index contributed by atoms with van der Waals surface area (Å²) in [6, 6.07) is 1.83. The van der Waals surface area contributed by atoms with Crippen LogP contribution in [0.5, 0.6) is 11.6 Å². The third kappa shape index (κ3) is 2.11. The number of nitrogens with zero attached hydrogens (tertiary/aromatic N) is 3. The quantitative estimate of drug-likeness (QED) is 0.672. The van der Waals surface area contributed by atoms with E-state index in [2.05, 4.69) is 25.9 Å². The van der Waals surface area contributed by atoms with E-state index >= 15 is 0 Å². The molecule has 3 heterocycles. The highest BCUT2D eigenvalue weighted by atomic mass is 79.9. The van der Waals surface area contributed by atoms with Gasteiger partial charge in [-0.3, -0.25) is 9.38 Å². The predicted octanol–water partition coefficient (Wildman–Crippen LogP) is 4.08. The molecule has 7 heteroatoms. The van der Waals surface area contributed by atoms with Crippen LogP contribution >= 0.6 is 38.9 Å². The Bertz CT molecular complexity index is 696. The summed E-state index contributed by atoms with van der Waals surface area (Å²) < 4.78 is 8.51. The maximum Gasteiger partial charge on any atom is 0.243 e. The lowest BCUT2D eigenvalue weighted by Crippen LogP contribution is -1.91. The number of imidazole rings is 1. The molecule has 0 saturated heterocycles. The molecule has 0 N–H and O–H groups in total. The minimum absolute atomic E-state index is 0.342. The van der Waals surface area contributed by atoms with Gasteiger partial charge in [-0.25, -0.2) is 0 Å². The molecule has 0 saturated carbocycles. The van der Waals surface area contributed by atoms with Gasteiger partial charge < -0.3 is 4.74 Å². The lowest BCUT2D eigenvalue weighted by molar-refractivity contribution is 0.459. The molecule has 0 atom stereocenters. The highest BCUT2D eigenvalue weighted by Crippen LogP contribution is 2.29. The van der Waals surface area contributed by atoms with Crippen molar-refractivity contribution >= 4 is 43.8 Å². The van der Waals surface area contributed by atoms with Crippen LogP contribution in [0.1, 0.15) is 5.69 Å². The van der Waals surface area contributed by atoms with Crippen LogP contribution in [-0.4, -0.2) is 14.4 Å². The number of aromatic nitrogens is 3. The van der Waals surface area contributed by atoms with Crippen LogP contribution in [0, 0.1) is 0 Å². The van der Waals surface area contributed by atoms with E-state index in [0.717, 1.165) is 15.1 Å². The van der Waals surface area contributed by atoms with Gasteiger partial charge in [0.05, 0.1) is 12.1 Å². The maximum absolute atomic E-state index is 5.95. The fourth-order valence-corrected chi connectivity index (χ4v) is 2.89. The number of thiazole rings is 1. The fraction of sp³-hybridized carbons (Fsp3) is 0.0909. The second kappa shape index (κ2) is 4.87. The zero-order chi connectivity index (χ0) is 12.5. The number of hydrogen-bond acceptors (Lipinski definition) is 4. The van der Waals surface area contributed by atoms with E-state index in [9.17, 15) is 0 Å². The average Bonchev–Trinajstić information content (AvgIpc) is 2.89. The molecule has 0 unspecified atom stereocenters. The largest absolute Gasteiger partial charge is 0.436 e. The molecule has 0 aliphatic carbocycles. The number of hydrogen-bond donors (Lipinski definition) is 0. The van der Waals surface area contributed by atoms with Gasteiger partial charge in [0.15, 0.2) is 4.96 Å². The van der Waals surface area contributed by atoms with Crippen molar-refractivity contribution in [3.8, 4) is 11.6 Å². The van der Waals surface area contributed by atoms with Crippen LogP contribution < -0.4 is 4.74 Å². The lowest BCUT2D eigenvalue weighted by Gasteiger charge is -2.03. The zero-order valence-corrected chi connectivity index (χ0v) is 12.2. The van der Waals surface area contributed by atoms with E-state index < -0.39 is 0 Å². The van der Waals surface area contributed by atoms with Crippen molar-refractivity contribution in [1.82, 2.24) is 14.4 Å². The standard InChI is InChI=1S/C11H7BrClN3OS/c12-7-3-8(6-14-5-7)17-10-9(4-13)16-1-2-18-11(16)15-10/h1-3,5-6H,4H2. The molecule has 3 rings (SSSR count). The Balaban J connectivity index is 2.01. The summed E-state index contributed by atoms with van der Waals surface area (Å²) in [6.07, 6.45) is 5.26. The van der Waals surface area contributed by atoms with E-state index in [-0.39, 0.29) is 0 Å². The van der Waals surface area contributed by atoms with Crippen LogP contribution in [0.4, 0.5) is 0 Å². The fourth-order valence-electron chi connectivity index (χ4n) is 1.58. The number of pyridine rings is 1. The molecule has 0 aliphatic rings. The minimum Gasteiger partial charge on any atom is -0.436 e. The Morgan fingerprint density at radius 2 is 2.33 bits per heavy atom. The topological polar surface area (TPSA) is 39.4 Å². The van der Waals surface area contributed by atoms with Crippen molar-refractivity contribution in [3.05, 3.63) is 40.2 Å². The number of rotatable bonds is 3. The van der Waals surface area contributed by atoms with Gasteiger partial charge in [0.25, 0.3) is 0 Å². The third-order valence-corrected chi connectivity index (χ3v) is 3.79. The third-order valence-electron chi connectivity index (χ3n) is 2.35. The molecule has 0 bridgehead atoms. The van der Waals surface area contributed by atoms with Crippen molar-refractivity contribution in [1.29, 1.82) is 0 Å². The molecule has 0 aliphatic heterocycles. The molecular weight excluding hydrogens is 338 g/mol. The van der Waals surface area contributed by atoms with Gasteiger partial charge in [0, 0.05) is 22.2 Å². The SMILES string of the molecule is ClCc1c(Oc2cncc(Br)c2)nc2sccn12. The Labute approximate surface area is 120 Å². The number of alkyl halides is 1. The van der Waals surface area contributed by atoms with E-state index in [1.54, 1.807) is 12.4 Å². The van der Waals surface area contributed by atoms with Crippen LogP contribution in [0.15, 0.2) is 34.5 Å². The van der Waals surface area contributed by atoms with E-state index in [1.807, 2.05) is 22.0 Å². The van der Waals surface area contributed by atoms with Gasteiger partial charge in [-0.1, -0.05) is 0 Å². The Hall–Kier alpha value is -1.11. The molecule has 4 nitrogen and oxygen atoms in total. The average molecular weight is 345 g/mol. The first-order valence-electron chi connectivity index (χ1n) is 5.06. The summed E-state index contributed by atoms with van der Waals surface area (Å²) in [5.74, 6) is 1.49. The number of halogens is 2. The van der Waals surface area contributed by atoms with Crippen LogP contribution in [-0.2, 0) is 5.88 Å². The smallest absolute Gasteiger partial charge is 0.243 e. The van der Waals surface area contributed by atoms with Crippen molar-refractivity contribution < 1.29 is 4.74 Å². The molecule has 18 heavy (non-hydrogen) atoms. The van der Waals surface area contributed by atoms with Crippen LogP contribution in [0.2, 0.25) is 0 Å². The zero-order valence-electron chi connectivity index (χ0n) is 9.01. The predicted molar refractivity (Wildman–Crippen MR) is 74.6 cm³/mol. The summed E-state index contributed by atoms with van der Waals surface area (Å²) in [4.78, 5) is 9.31. The van der Waals surface area contributed by atoms with E-state index in [4.69, 9.17) is 16.3 Å². The van der Waals surface area contributed by atoms with Gasteiger partial charge in [-0.05, 0) is 22.0 Å². The van der Waals surface area contributed by atoms with Gasteiger partial charge in [0.1, 0.15) is 11.4 Å². The van der Waals surface area contributed by atoms with Crippen LogP contribution in [0.25, 0.3) is 4.96 Å². The molecular formula is C11H7BrClN3OS. The molecule has 0 radical (unpaired) electrons. The molecule has 0 amide bonds. The second-order valence-electron chi connectivity index (χ2n) is 3.49. The Morgan fingerprint density at radius 3 is 3.11 bits per heavy atom. The highest BCUT2D eigenvalue weighted by molar-refractivity contribution is 9.10. The minimum atomic E-state index is 0.342. The first-order valence-corrected chi connectivity index (χ1v) is 7.27.